The summed E-state index contributed by atoms with van der Waals surface area (Å²) in [7, 11) is 2.02. The molecule has 2 N–H and O–H groups in total. The van der Waals surface area contributed by atoms with Crippen LogP contribution in [0.3, 0.4) is 0 Å². The highest BCUT2D eigenvalue weighted by atomic mass is 16.6. The lowest BCUT2D eigenvalue weighted by molar-refractivity contribution is 0.463. The molecule has 0 unspecified atom stereocenters. The molecule has 16 heavy (non-hydrogen) atoms. The Balaban J connectivity index is 0.000000120. The van der Waals surface area contributed by atoms with Gasteiger partial charge in [0.05, 0.1) is 0 Å². The highest BCUT2D eigenvalue weighted by Gasteiger charge is 2.22. The highest BCUT2D eigenvalue weighted by molar-refractivity contribution is 5.62. The minimum absolute atomic E-state index is 0.238. The van der Waals surface area contributed by atoms with Crippen LogP contribution < -0.4 is 10.1 Å². The first-order chi connectivity index (χ1) is 7.81. The summed E-state index contributed by atoms with van der Waals surface area (Å²) >= 11 is 0. The third-order valence-electron chi connectivity index (χ3n) is 2.86. The first-order valence-electron chi connectivity index (χ1n) is 5.95. The van der Waals surface area contributed by atoms with Crippen LogP contribution in [-0.4, -0.2) is 18.7 Å². The molecule has 1 fully saturated rings. The minimum Gasteiger partial charge on any atom is -0.504 e. The second-order valence-electron chi connectivity index (χ2n) is 4.40. The van der Waals surface area contributed by atoms with Gasteiger partial charge in [-0.2, -0.15) is 0 Å². The third-order valence-corrected chi connectivity index (χ3v) is 2.86. The molecule has 1 aliphatic heterocycles. The number of benzene rings is 1. The van der Waals surface area contributed by atoms with Gasteiger partial charge in [-0.25, -0.2) is 0 Å². The predicted octanol–water partition coefficient (Wildman–Crippen LogP) is 2.89. The van der Waals surface area contributed by atoms with E-state index < -0.39 is 0 Å². The van der Waals surface area contributed by atoms with E-state index in [9.17, 15) is 0 Å². The normalized spacial score (nSPS) is 15.6. The van der Waals surface area contributed by atoms with Crippen molar-refractivity contribution in [1.82, 2.24) is 5.32 Å². The van der Waals surface area contributed by atoms with Gasteiger partial charge in [-0.3, -0.25) is 0 Å². The zero-order valence-corrected chi connectivity index (χ0v) is 9.70. The number of rotatable bonds is 4. The average Bonchev–Trinajstić information content (AvgIpc) is 3.14. The lowest BCUT2D eigenvalue weighted by atomic mass is 10.2. The van der Waals surface area contributed by atoms with E-state index in [1.807, 2.05) is 13.1 Å². The Kier molecular flexibility index (Phi) is 3.67. The van der Waals surface area contributed by atoms with Gasteiger partial charge in [-0.1, -0.05) is 18.9 Å². The van der Waals surface area contributed by atoms with Crippen molar-refractivity contribution in [2.45, 2.75) is 25.7 Å². The molecule has 1 saturated carbocycles. The Morgan fingerprint density at radius 3 is 2.81 bits per heavy atom. The molecule has 3 nitrogen and oxygen atoms in total. The maximum absolute atomic E-state index is 8.85. The smallest absolute Gasteiger partial charge is 0.211 e. The Bertz CT molecular complexity index is 348. The van der Waals surface area contributed by atoms with Crippen LogP contribution in [0.25, 0.3) is 0 Å². The fourth-order valence-electron chi connectivity index (χ4n) is 1.65. The van der Waals surface area contributed by atoms with Crippen LogP contribution in [0.15, 0.2) is 18.2 Å². The van der Waals surface area contributed by atoms with Crippen molar-refractivity contribution >= 4 is 0 Å². The van der Waals surface area contributed by atoms with Gasteiger partial charge in [-0.05, 0) is 44.5 Å². The highest BCUT2D eigenvalue weighted by Crippen LogP contribution is 2.51. The number of phenolic OH excluding ortho intramolecular Hbond substituents is 1. The molecule has 0 amide bonds. The van der Waals surface area contributed by atoms with Gasteiger partial charge in [0.2, 0.25) is 5.75 Å². The molecule has 0 spiro atoms. The fraction of sp³-hybridized carbons (Fsp3) is 0.538. The summed E-state index contributed by atoms with van der Waals surface area (Å²) in [6.07, 6.45) is 5.84. The summed E-state index contributed by atoms with van der Waals surface area (Å²) in [5.74, 6) is 2.78. The molecule has 0 bridgehead atoms. The summed E-state index contributed by atoms with van der Waals surface area (Å²) in [5.41, 5.74) is 0. The summed E-state index contributed by atoms with van der Waals surface area (Å²) < 4.78 is 4.82. The van der Waals surface area contributed by atoms with Crippen LogP contribution in [0.1, 0.15) is 25.7 Å². The SMILES string of the molecule is CNCCCC1CC1.Oc1cccc2c1O2. The van der Waals surface area contributed by atoms with Gasteiger partial charge in [0.15, 0.2) is 11.5 Å². The molecule has 1 aromatic carbocycles. The molecule has 2 aliphatic rings. The van der Waals surface area contributed by atoms with Gasteiger partial charge < -0.3 is 15.2 Å². The monoisotopic (exact) mass is 221 g/mol. The molecule has 3 rings (SSSR count). The molecule has 1 aromatic rings. The Morgan fingerprint density at radius 1 is 1.44 bits per heavy atom. The third kappa shape index (κ3) is 3.42. The van der Waals surface area contributed by atoms with Crippen LogP contribution >= 0.6 is 0 Å². The lowest BCUT2D eigenvalue weighted by Crippen LogP contribution is -2.07. The van der Waals surface area contributed by atoms with E-state index in [-0.39, 0.29) is 5.75 Å². The molecule has 0 saturated heterocycles. The maximum atomic E-state index is 8.85. The van der Waals surface area contributed by atoms with Crippen molar-refractivity contribution in [2.24, 2.45) is 5.92 Å². The van der Waals surface area contributed by atoms with Crippen LogP contribution in [0.4, 0.5) is 0 Å². The van der Waals surface area contributed by atoms with E-state index in [2.05, 4.69) is 5.32 Å². The van der Waals surface area contributed by atoms with Crippen LogP contribution in [0, 0.1) is 5.92 Å². The van der Waals surface area contributed by atoms with Crippen molar-refractivity contribution in [3.8, 4) is 17.2 Å². The molecule has 1 aliphatic carbocycles. The number of ether oxygens (including phenoxy) is 1. The average molecular weight is 221 g/mol. The zero-order chi connectivity index (χ0) is 11.4. The number of para-hydroxylation sites is 1. The predicted molar refractivity (Wildman–Crippen MR) is 64.1 cm³/mol. The van der Waals surface area contributed by atoms with E-state index in [0.29, 0.717) is 5.75 Å². The summed E-state index contributed by atoms with van der Waals surface area (Å²) in [6.45, 7) is 1.20. The fourth-order valence-corrected chi connectivity index (χ4v) is 1.65. The van der Waals surface area contributed by atoms with Crippen LogP contribution in [-0.2, 0) is 0 Å². The number of fused-ring (bicyclic) bond motifs is 1. The number of aromatic hydroxyl groups is 1. The minimum atomic E-state index is 0.238. The van der Waals surface area contributed by atoms with E-state index in [0.717, 1.165) is 11.7 Å². The van der Waals surface area contributed by atoms with Gasteiger partial charge in [-0.15, -0.1) is 0 Å². The number of nitrogens with one attached hydrogen (secondary N) is 1. The Labute approximate surface area is 96.4 Å². The van der Waals surface area contributed by atoms with Crippen molar-refractivity contribution in [2.75, 3.05) is 13.6 Å². The van der Waals surface area contributed by atoms with E-state index in [4.69, 9.17) is 9.84 Å². The molecule has 0 aromatic heterocycles. The lowest BCUT2D eigenvalue weighted by Gasteiger charge is -1.94. The first kappa shape index (κ1) is 11.3. The van der Waals surface area contributed by atoms with Gasteiger partial charge in [0.25, 0.3) is 0 Å². The molecule has 0 atom stereocenters. The standard InChI is InChI=1S/C7H15N.C6H4O2/c1-8-6-2-3-7-4-5-7;7-4-2-1-3-5-6(4)8-5/h7-8H,2-6H2,1H3;1-3,7H. The topological polar surface area (TPSA) is 44.8 Å². The summed E-state index contributed by atoms with van der Waals surface area (Å²) in [5, 5.41) is 12.0. The molecule has 1 heterocycles. The van der Waals surface area contributed by atoms with Gasteiger partial charge in [0.1, 0.15) is 0 Å². The molecule has 3 heteroatoms. The van der Waals surface area contributed by atoms with Crippen LogP contribution in [0.2, 0.25) is 0 Å². The second kappa shape index (κ2) is 5.21. The molecular weight excluding hydrogens is 202 g/mol. The van der Waals surface area contributed by atoms with Crippen molar-refractivity contribution in [3.05, 3.63) is 18.2 Å². The number of phenols is 1. The largest absolute Gasteiger partial charge is 0.504 e. The van der Waals surface area contributed by atoms with Gasteiger partial charge in [0, 0.05) is 0 Å². The number of hydrogen-bond donors (Lipinski definition) is 2. The van der Waals surface area contributed by atoms with Crippen molar-refractivity contribution in [3.63, 3.8) is 0 Å². The van der Waals surface area contributed by atoms with E-state index in [1.165, 1.54) is 32.2 Å². The molecular formula is C13H19NO2. The quantitative estimate of drug-likeness (QED) is 0.616. The van der Waals surface area contributed by atoms with Gasteiger partial charge >= 0.3 is 0 Å². The molecule has 0 radical (unpaired) electrons. The Hall–Kier alpha value is -1.22. The van der Waals surface area contributed by atoms with Crippen molar-refractivity contribution in [1.29, 1.82) is 0 Å². The molecule has 88 valence electrons. The summed E-state index contributed by atoms with van der Waals surface area (Å²) in [6, 6.07) is 5.17. The van der Waals surface area contributed by atoms with Crippen molar-refractivity contribution < 1.29 is 9.84 Å². The van der Waals surface area contributed by atoms with E-state index >= 15 is 0 Å². The second-order valence-corrected chi connectivity index (χ2v) is 4.40. The maximum Gasteiger partial charge on any atom is 0.211 e. The number of hydrogen-bond acceptors (Lipinski definition) is 3. The zero-order valence-electron chi connectivity index (χ0n) is 9.70. The first-order valence-corrected chi connectivity index (χ1v) is 5.95. The summed E-state index contributed by atoms with van der Waals surface area (Å²) in [4.78, 5) is 0. The van der Waals surface area contributed by atoms with E-state index in [1.54, 1.807) is 12.1 Å². The van der Waals surface area contributed by atoms with Crippen LogP contribution in [0.5, 0.6) is 17.2 Å². The Morgan fingerprint density at radius 2 is 2.25 bits per heavy atom.